The van der Waals surface area contributed by atoms with Crippen LogP contribution in [-0.4, -0.2) is 16.9 Å². The molecule has 1 aromatic carbocycles. The van der Waals surface area contributed by atoms with Gasteiger partial charge < -0.3 is 10.5 Å². The van der Waals surface area contributed by atoms with E-state index in [0.29, 0.717) is 0 Å². The lowest BCUT2D eigenvalue weighted by Crippen LogP contribution is -2.12. The lowest BCUT2D eigenvalue weighted by atomic mass is 10.0. The molecule has 1 aromatic heterocycles. The van der Waals surface area contributed by atoms with E-state index in [9.17, 15) is 0 Å². The van der Waals surface area contributed by atoms with E-state index >= 15 is 0 Å². The second kappa shape index (κ2) is 4.59. The van der Waals surface area contributed by atoms with Gasteiger partial charge in [-0.25, -0.2) is 0 Å². The summed E-state index contributed by atoms with van der Waals surface area (Å²) >= 11 is 0. The summed E-state index contributed by atoms with van der Waals surface area (Å²) in [5.41, 5.74) is 9.34. The van der Waals surface area contributed by atoms with Crippen LogP contribution in [-0.2, 0) is 7.05 Å². The molecule has 0 saturated heterocycles. The van der Waals surface area contributed by atoms with E-state index in [-0.39, 0.29) is 6.04 Å². The first-order valence-electron chi connectivity index (χ1n) is 5.50. The number of nitrogens with two attached hydrogens (primary N) is 1. The number of aromatic nitrogens is 2. The van der Waals surface area contributed by atoms with Gasteiger partial charge in [-0.05, 0) is 18.6 Å². The Hall–Kier alpha value is -1.81. The van der Waals surface area contributed by atoms with Crippen LogP contribution in [0.15, 0.2) is 30.6 Å². The second-order valence-electron chi connectivity index (χ2n) is 4.17. The molecule has 4 heteroatoms. The highest BCUT2D eigenvalue weighted by molar-refractivity contribution is 5.42. The molecule has 0 aliphatic carbocycles. The van der Waals surface area contributed by atoms with Crippen LogP contribution in [0.1, 0.15) is 22.7 Å². The molecule has 2 rings (SSSR count). The normalized spacial score (nSPS) is 12.5. The van der Waals surface area contributed by atoms with Crippen LogP contribution < -0.4 is 10.5 Å². The maximum atomic E-state index is 6.22. The van der Waals surface area contributed by atoms with Gasteiger partial charge in [0.15, 0.2) is 0 Å². The number of aryl methyl sites for hydroxylation is 2. The summed E-state index contributed by atoms with van der Waals surface area (Å²) in [6.07, 6.45) is 3.70. The fraction of sp³-hybridized carbons (Fsp3) is 0.308. The minimum atomic E-state index is -0.209. The molecule has 1 atom stereocenters. The van der Waals surface area contributed by atoms with E-state index in [4.69, 9.17) is 10.5 Å². The third-order valence-corrected chi connectivity index (χ3v) is 2.81. The zero-order chi connectivity index (χ0) is 12.4. The van der Waals surface area contributed by atoms with Crippen molar-refractivity contribution in [1.82, 2.24) is 9.78 Å². The van der Waals surface area contributed by atoms with E-state index in [1.54, 1.807) is 18.0 Å². The zero-order valence-corrected chi connectivity index (χ0v) is 10.3. The largest absolute Gasteiger partial charge is 0.496 e. The highest BCUT2D eigenvalue weighted by Gasteiger charge is 2.15. The van der Waals surface area contributed by atoms with Crippen molar-refractivity contribution in [2.24, 2.45) is 12.8 Å². The van der Waals surface area contributed by atoms with Gasteiger partial charge in [0, 0.05) is 24.4 Å². The summed E-state index contributed by atoms with van der Waals surface area (Å²) in [5.74, 6) is 0.821. The molecule has 0 saturated carbocycles. The molecule has 1 heterocycles. The van der Waals surface area contributed by atoms with Crippen LogP contribution in [0, 0.1) is 6.92 Å². The van der Waals surface area contributed by atoms with Crippen molar-refractivity contribution < 1.29 is 4.74 Å². The van der Waals surface area contributed by atoms with Gasteiger partial charge in [-0.1, -0.05) is 12.1 Å². The molecular formula is C13H17N3O. The van der Waals surface area contributed by atoms with Gasteiger partial charge >= 0.3 is 0 Å². The van der Waals surface area contributed by atoms with Crippen LogP contribution in [0.5, 0.6) is 5.75 Å². The summed E-state index contributed by atoms with van der Waals surface area (Å²) in [5, 5.41) is 4.13. The molecule has 4 nitrogen and oxygen atoms in total. The maximum Gasteiger partial charge on any atom is 0.124 e. The van der Waals surface area contributed by atoms with Gasteiger partial charge in [-0.15, -0.1) is 0 Å². The van der Waals surface area contributed by atoms with Crippen molar-refractivity contribution in [3.05, 3.63) is 47.3 Å². The number of benzene rings is 1. The smallest absolute Gasteiger partial charge is 0.124 e. The van der Waals surface area contributed by atoms with Crippen molar-refractivity contribution >= 4 is 0 Å². The van der Waals surface area contributed by atoms with Crippen molar-refractivity contribution in [3.8, 4) is 5.75 Å². The van der Waals surface area contributed by atoms with Crippen LogP contribution >= 0.6 is 0 Å². The molecule has 0 spiro atoms. The fourth-order valence-electron chi connectivity index (χ4n) is 1.86. The Bertz CT molecular complexity index is 519. The molecule has 2 N–H and O–H groups in total. The van der Waals surface area contributed by atoms with Gasteiger partial charge in [0.1, 0.15) is 5.75 Å². The maximum absolute atomic E-state index is 6.22. The fourth-order valence-corrected chi connectivity index (χ4v) is 1.86. The monoisotopic (exact) mass is 231 g/mol. The van der Waals surface area contributed by atoms with Crippen molar-refractivity contribution in [3.63, 3.8) is 0 Å². The first-order valence-corrected chi connectivity index (χ1v) is 5.50. The quantitative estimate of drug-likeness (QED) is 0.876. The Balaban J connectivity index is 2.39. The minimum Gasteiger partial charge on any atom is -0.496 e. The molecule has 0 aliphatic heterocycles. The topological polar surface area (TPSA) is 53.1 Å². The summed E-state index contributed by atoms with van der Waals surface area (Å²) < 4.78 is 7.11. The van der Waals surface area contributed by atoms with E-state index in [1.165, 1.54) is 0 Å². The summed E-state index contributed by atoms with van der Waals surface area (Å²) in [4.78, 5) is 0. The number of ether oxygens (including phenoxy) is 1. The molecular weight excluding hydrogens is 214 g/mol. The Morgan fingerprint density at radius 2 is 2.18 bits per heavy atom. The molecule has 0 bridgehead atoms. The molecule has 2 aromatic rings. The zero-order valence-electron chi connectivity index (χ0n) is 10.3. The number of hydrogen-bond acceptors (Lipinski definition) is 3. The predicted octanol–water partition coefficient (Wildman–Crippen LogP) is 1.79. The number of methoxy groups -OCH3 is 1. The van der Waals surface area contributed by atoms with Gasteiger partial charge in [0.05, 0.1) is 19.3 Å². The van der Waals surface area contributed by atoms with E-state index in [0.717, 1.165) is 22.4 Å². The van der Waals surface area contributed by atoms with Gasteiger partial charge in [-0.3, -0.25) is 4.68 Å². The van der Waals surface area contributed by atoms with Crippen LogP contribution in [0.25, 0.3) is 0 Å². The molecule has 90 valence electrons. The number of nitrogens with zero attached hydrogens (tertiary/aromatic N) is 2. The predicted molar refractivity (Wildman–Crippen MR) is 67.0 cm³/mol. The number of hydrogen-bond donors (Lipinski definition) is 1. The van der Waals surface area contributed by atoms with Gasteiger partial charge in [-0.2, -0.15) is 5.10 Å². The third kappa shape index (κ3) is 2.31. The molecule has 0 amide bonds. The molecule has 0 radical (unpaired) electrons. The van der Waals surface area contributed by atoms with E-state index in [2.05, 4.69) is 5.10 Å². The molecule has 0 aliphatic rings. The first kappa shape index (κ1) is 11.7. The van der Waals surface area contributed by atoms with Crippen molar-refractivity contribution in [1.29, 1.82) is 0 Å². The second-order valence-corrected chi connectivity index (χ2v) is 4.17. The minimum absolute atomic E-state index is 0.209. The highest BCUT2D eigenvalue weighted by Crippen LogP contribution is 2.28. The average Bonchev–Trinajstić information content (AvgIpc) is 2.75. The molecule has 17 heavy (non-hydrogen) atoms. The van der Waals surface area contributed by atoms with Crippen LogP contribution in [0.2, 0.25) is 0 Å². The summed E-state index contributed by atoms with van der Waals surface area (Å²) in [6.45, 7) is 2.03. The van der Waals surface area contributed by atoms with Crippen LogP contribution in [0.3, 0.4) is 0 Å². The SMILES string of the molecule is COc1cc(C)ccc1C(N)c1cnn(C)c1. The Kier molecular flexibility index (Phi) is 3.15. The third-order valence-electron chi connectivity index (χ3n) is 2.81. The Morgan fingerprint density at radius 3 is 2.76 bits per heavy atom. The first-order chi connectivity index (χ1) is 8.11. The van der Waals surface area contributed by atoms with Crippen molar-refractivity contribution in [2.45, 2.75) is 13.0 Å². The molecule has 0 fully saturated rings. The van der Waals surface area contributed by atoms with Gasteiger partial charge in [0.2, 0.25) is 0 Å². The van der Waals surface area contributed by atoms with Crippen LogP contribution in [0.4, 0.5) is 0 Å². The standard InChI is InChI=1S/C13H17N3O/c1-9-4-5-11(12(6-9)17-3)13(14)10-7-15-16(2)8-10/h4-8,13H,14H2,1-3H3. The Labute approximate surface area is 101 Å². The Morgan fingerprint density at radius 1 is 1.41 bits per heavy atom. The molecule has 1 unspecified atom stereocenters. The lowest BCUT2D eigenvalue weighted by molar-refractivity contribution is 0.407. The number of rotatable bonds is 3. The van der Waals surface area contributed by atoms with Gasteiger partial charge in [0.25, 0.3) is 0 Å². The van der Waals surface area contributed by atoms with E-state index < -0.39 is 0 Å². The summed E-state index contributed by atoms with van der Waals surface area (Å²) in [7, 11) is 3.54. The highest BCUT2D eigenvalue weighted by atomic mass is 16.5. The lowest BCUT2D eigenvalue weighted by Gasteiger charge is -2.14. The van der Waals surface area contributed by atoms with Crippen molar-refractivity contribution in [2.75, 3.05) is 7.11 Å². The summed E-state index contributed by atoms with van der Waals surface area (Å²) in [6, 6.07) is 5.82. The average molecular weight is 231 g/mol. The van der Waals surface area contributed by atoms with E-state index in [1.807, 2.05) is 38.4 Å².